The Morgan fingerprint density at radius 2 is 2.15 bits per heavy atom. The summed E-state index contributed by atoms with van der Waals surface area (Å²) in [6.45, 7) is 0.489. The summed E-state index contributed by atoms with van der Waals surface area (Å²) in [6, 6.07) is 5.46. The smallest absolute Gasteiger partial charge is 0.333 e. The molecule has 1 fully saturated rings. The number of thiol groups is 1. The highest BCUT2D eigenvalue weighted by molar-refractivity contribution is 7.80. The minimum Gasteiger partial charge on any atom is -0.508 e. The first-order chi connectivity index (χ1) is 9.56. The summed E-state index contributed by atoms with van der Waals surface area (Å²) in [5.74, 6) is 0.302. The van der Waals surface area contributed by atoms with Crippen LogP contribution < -0.4 is 0 Å². The topological polar surface area (TPSA) is 66.8 Å². The van der Waals surface area contributed by atoms with E-state index in [1.54, 1.807) is 12.1 Å². The van der Waals surface area contributed by atoms with Gasteiger partial charge in [-0.15, -0.1) is 0 Å². The van der Waals surface area contributed by atoms with Crippen LogP contribution in [-0.4, -0.2) is 41.3 Å². The Hall–Kier alpha value is -1.69. The summed E-state index contributed by atoms with van der Waals surface area (Å²) >= 11 is 4.21. The van der Waals surface area contributed by atoms with Crippen molar-refractivity contribution in [3.05, 3.63) is 29.8 Å². The Balaban J connectivity index is 2.31. The highest BCUT2D eigenvalue weighted by Crippen LogP contribution is 2.30. The average molecular weight is 295 g/mol. The minimum absolute atomic E-state index is 0.0764. The van der Waals surface area contributed by atoms with E-state index in [1.807, 2.05) is 0 Å². The summed E-state index contributed by atoms with van der Waals surface area (Å²) in [5.41, 5.74) is 0.628. The fraction of sp³-hybridized carbons (Fsp3) is 0.429. The Morgan fingerprint density at radius 3 is 2.65 bits per heavy atom. The van der Waals surface area contributed by atoms with Crippen molar-refractivity contribution >= 4 is 24.5 Å². The van der Waals surface area contributed by atoms with Gasteiger partial charge in [-0.05, 0) is 29.4 Å². The molecule has 1 unspecified atom stereocenters. The quantitative estimate of drug-likeness (QED) is 0.650. The van der Waals surface area contributed by atoms with Crippen LogP contribution in [0.3, 0.4) is 0 Å². The fourth-order valence-corrected chi connectivity index (χ4v) is 2.64. The van der Waals surface area contributed by atoms with E-state index in [0.717, 1.165) is 0 Å². The van der Waals surface area contributed by atoms with Crippen molar-refractivity contribution in [3.8, 4) is 5.75 Å². The van der Waals surface area contributed by atoms with E-state index in [-0.39, 0.29) is 17.6 Å². The highest BCUT2D eigenvalue weighted by atomic mass is 32.1. The first-order valence-corrected chi connectivity index (χ1v) is 6.97. The molecular formula is C14H17NO4S. The molecule has 0 radical (unpaired) electrons. The summed E-state index contributed by atoms with van der Waals surface area (Å²) in [7, 11) is 1.30. The van der Waals surface area contributed by atoms with Crippen molar-refractivity contribution < 1.29 is 19.4 Å². The van der Waals surface area contributed by atoms with E-state index in [1.165, 1.54) is 24.1 Å². The van der Waals surface area contributed by atoms with Crippen LogP contribution in [0.15, 0.2) is 24.3 Å². The maximum atomic E-state index is 12.1. The molecule has 1 aromatic rings. The summed E-state index contributed by atoms with van der Waals surface area (Å²) in [6.07, 6.45) is 0.398. The molecule has 1 saturated heterocycles. The number of esters is 1. The molecule has 0 spiro atoms. The van der Waals surface area contributed by atoms with Gasteiger partial charge < -0.3 is 14.7 Å². The molecule has 1 N–H and O–H groups in total. The van der Waals surface area contributed by atoms with Gasteiger partial charge >= 0.3 is 5.97 Å². The van der Waals surface area contributed by atoms with Crippen molar-refractivity contribution in [1.82, 2.24) is 4.90 Å². The molecule has 0 saturated carbocycles. The van der Waals surface area contributed by atoms with Gasteiger partial charge in [0.05, 0.1) is 7.11 Å². The molecule has 1 aromatic carbocycles. The second-order valence-electron chi connectivity index (χ2n) is 4.82. The van der Waals surface area contributed by atoms with Crippen LogP contribution in [0.2, 0.25) is 0 Å². The standard InChI is InChI=1S/C14H17NO4S/c1-19-14(18)13(10-2-4-11(16)5-3-10)15-7-9(8-20)6-12(15)17/h2-5,9,13,16,20H,6-8H2,1H3/t9?,13-/m1/s1. The normalized spacial score (nSPS) is 20.0. The number of hydrogen-bond donors (Lipinski definition) is 2. The van der Waals surface area contributed by atoms with Gasteiger partial charge in [-0.1, -0.05) is 12.1 Å². The molecule has 1 heterocycles. The lowest BCUT2D eigenvalue weighted by molar-refractivity contribution is -0.151. The lowest BCUT2D eigenvalue weighted by Crippen LogP contribution is -2.36. The van der Waals surface area contributed by atoms with Crippen LogP contribution in [0.5, 0.6) is 5.75 Å². The summed E-state index contributed by atoms with van der Waals surface area (Å²) < 4.78 is 4.81. The molecule has 20 heavy (non-hydrogen) atoms. The summed E-state index contributed by atoms with van der Waals surface area (Å²) in [5, 5.41) is 9.32. The molecule has 2 rings (SSSR count). The van der Waals surface area contributed by atoms with Crippen LogP contribution in [0, 0.1) is 5.92 Å². The van der Waals surface area contributed by atoms with Gasteiger partial charge in [0.2, 0.25) is 5.91 Å². The number of carbonyl (C=O) groups is 2. The van der Waals surface area contributed by atoms with E-state index in [2.05, 4.69) is 12.6 Å². The number of rotatable bonds is 4. The highest BCUT2D eigenvalue weighted by Gasteiger charge is 2.38. The van der Waals surface area contributed by atoms with Gasteiger partial charge in [0.25, 0.3) is 0 Å². The van der Waals surface area contributed by atoms with Crippen molar-refractivity contribution in [1.29, 1.82) is 0 Å². The number of hydrogen-bond acceptors (Lipinski definition) is 5. The van der Waals surface area contributed by atoms with E-state index in [0.29, 0.717) is 24.3 Å². The second kappa shape index (κ2) is 6.17. The lowest BCUT2D eigenvalue weighted by atomic mass is 10.1. The van der Waals surface area contributed by atoms with Crippen molar-refractivity contribution in [2.45, 2.75) is 12.5 Å². The van der Waals surface area contributed by atoms with E-state index in [4.69, 9.17) is 4.74 Å². The predicted molar refractivity (Wildman–Crippen MR) is 76.5 cm³/mol. The molecule has 108 valence electrons. The van der Waals surface area contributed by atoms with Crippen molar-refractivity contribution in [2.75, 3.05) is 19.4 Å². The largest absolute Gasteiger partial charge is 0.508 e. The Bertz CT molecular complexity index is 502. The second-order valence-corrected chi connectivity index (χ2v) is 5.18. The van der Waals surface area contributed by atoms with Crippen LogP contribution >= 0.6 is 12.6 Å². The number of amides is 1. The number of nitrogens with zero attached hydrogens (tertiary/aromatic N) is 1. The van der Waals surface area contributed by atoms with Crippen LogP contribution in [0.1, 0.15) is 18.0 Å². The molecule has 1 aliphatic heterocycles. The number of phenols is 1. The molecule has 0 aromatic heterocycles. The predicted octanol–water partition coefficient (Wildman–Crippen LogP) is 1.38. The van der Waals surface area contributed by atoms with Crippen LogP contribution in [-0.2, 0) is 14.3 Å². The molecule has 2 atom stereocenters. The zero-order chi connectivity index (χ0) is 14.7. The van der Waals surface area contributed by atoms with Crippen LogP contribution in [0.4, 0.5) is 0 Å². The average Bonchev–Trinajstić information content (AvgIpc) is 2.82. The monoisotopic (exact) mass is 295 g/mol. The molecule has 0 bridgehead atoms. The van der Waals surface area contributed by atoms with Gasteiger partial charge in [0.1, 0.15) is 5.75 Å². The third kappa shape index (κ3) is 2.90. The number of phenolic OH excluding ortho intramolecular Hbond substituents is 1. The zero-order valence-corrected chi connectivity index (χ0v) is 12.0. The lowest BCUT2D eigenvalue weighted by Gasteiger charge is -2.26. The number of likely N-dealkylation sites (tertiary alicyclic amines) is 1. The number of benzene rings is 1. The molecule has 1 aliphatic rings. The zero-order valence-electron chi connectivity index (χ0n) is 11.2. The van der Waals surface area contributed by atoms with Gasteiger partial charge in [-0.2, -0.15) is 12.6 Å². The number of aromatic hydroxyl groups is 1. The van der Waals surface area contributed by atoms with Crippen molar-refractivity contribution in [3.63, 3.8) is 0 Å². The fourth-order valence-electron chi connectivity index (χ4n) is 2.39. The minimum atomic E-state index is -0.766. The Labute approximate surface area is 122 Å². The van der Waals surface area contributed by atoms with E-state index < -0.39 is 12.0 Å². The molecule has 1 amide bonds. The molecular weight excluding hydrogens is 278 g/mol. The number of carbonyl (C=O) groups excluding carboxylic acids is 2. The molecule has 0 aliphatic carbocycles. The van der Waals surface area contributed by atoms with Gasteiger partial charge in [0, 0.05) is 13.0 Å². The molecule has 5 nitrogen and oxygen atoms in total. The number of methoxy groups -OCH3 is 1. The molecule has 6 heteroatoms. The SMILES string of the molecule is COC(=O)[C@@H](c1ccc(O)cc1)N1CC(CS)CC1=O. The van der Waals surface area contributed by atoms with Crippen LogP contribution in [0.25, 0.3) is 0 Å². The van der Waals surface area contributed by atoms with Gasteiger partial charge in [-0.3, -0.25) is 4.79 Å². The Kier molecular flexibility index (Phi) is 4.54. The third-order valence-electron chi connectivity index (χ3n) is 3.44. The summed E-state index contributed by atoms with van der Waals surface area (Å²) in [4.78, 5) is 25.6. The van der Waals surface area contributed by atoms with Crippen molar-refractivity contribution in [2.24, 2.45) is 5.92 Å². The van der Waals surface area contributed by atoms with Gasteiger partial charge in [0.15, 0.2) is 6.04 Å². The Morgan fingerprint density at radius 1 is 1.50 bits per heavy atom. The first-order valence-electron chi connectivity index (χ1n) is 6.34. The maximum Gasteiger partial charge on any atom is 0.333 e. The van der Waals surface area contributed by atoms with Gasteiger partial charge in [-0.25, -0.2) is 4.79 Å². The number of ether oxygens (including phenoxy) is 1. The van der Waals surface area contributed by atoms with E-state index >= 15 is 0 Å². The third-order valence-corrected chi connectivity index (χ3v) is 3.96. The van der Waals surface area contributed by atoms with E-state index in [9.17, 15) is 14.7 Å². The maximum absolute atomic E-state index is 12.1. The first kappa shape index (κ1) is 14.7.